The predicted molar refractivity (Wildman–Crippen MR) is 93.1 cm³/mol. The summed E-state index contributed by atoms with van der Waals surface area (Å²) < 4.78 is 13.6. The monoisotopic (exact) mass is 345 g/mol. The van der Waals surface area contributed by atoms with Crippen molar-refractivity contribution >= 4 is 5.91 Å². The molecular weight excluding hydrogens is 317 g/mol. The highest BCUT2D eigenvalue weighted by atomic mass is 19.1. The number of amides is 1. The largest absolute Gasteiger partial charge is 0.389 e. The molecule has 136 valence electrons. The minimum atomic E-state index is -0.343. The van der Waals surface area contributed by atoms with E-state index in [1.54, 1.807) is 12.2 Å². The Balaban J connectivity index is 1.46. The van der Waals surface area contributed by atoms with Gasteiger partial charge in [-0.2, -0.15) is 0 Å². The summed E-state index contributed by atoms with van der Waals surface area (Å²) in [6.45, 7) is 0.981. The van der Waals surface area contributed by atoms with E-state index in [-0.39, 0.29) is 29.2 Å². The van der Waals surface area contributed by atoms with E-state index in [0.29, 0.717) is 31.3 Å². The molecule has 5 fully saturated rings. The van der Waals surface area contributed by atoms with Gasteiger partial charge in [0.05, 0.1) is 6.10 Å². The number of hydrogen-bond donors (Lipinski definition) is 1. The summed E-state index contributed by atoms with van der Waals surface area (Å²) in [5, 5.41) is 9.56. The van der Waals surface area contributed by atoms with Crippen molar-refractivity contribution < 1.29 is 14.3 Å². The number of nitrogens with zero attached hydrogens (tertiary/aromatic N) is 1. The molecule has 0 aromatic heterocycles. The number of hydrogen-bond acceptors (Lipinski definition) is 2. The van der Waals surface area contributed by atoms with E-state index in [1.165, 1.54) is 32.1 Å². The number of β-amino-alcohol motifs (C(OH)–C–C–N with tert-alkyl or cyclic N) is 1. The first-order valence-electron chi connectivity index (χ1n) is 10.0. The van der Waals surface area contributed by atoms with Crippen molar-refractivity contribution in [2.75, 3.05) is 13.1 Å². The lowest BCUT2D eigenvalue weighted by Gasteiger charge is -2.64. The van der Waals surface area contributed by atoms with E-state index >= 15 is 0 Å². The molecule has 1 N–H and O–H groups in total. The van der Waals surface area contributed by atoms with Gasteiger partial charge >= 0.3 is 0 Å². The Morgan fingerprint density at radius 3 is 2.32 bits per heavy atom. The average Bonchev–Trinajstić information content (AvgIpc) is 2.55. The fraction of sp³-hybridized carbons (Fsp3) is 0.762. The molecule has 6 rings (SSSR count). The number of aliphatic hydroxyl groups is 1. The lowest BCUT2D eigenvalue weighted by atomic mass is 9.41. The molecular formula is C21H28FNO2. The third-order valence-electron chi connectivity index (χ3n) is 8.08. The lowest BCUT2D eigenvalue weighted by molar-refractivity contribution is -0.165. The van der Waals surface area contributed by atoms with E-state index in [1.807, 2.05) is 4.90 Å². The van der Waals surface area contributed by atoms with Crippen molar-refractivity contribution in [2.24, 2.45) is 35.0 Å². The van der Waals surface area contributed by atoms with Crippen LogP contribution in [0.15, 0.2) is 24.1 Å². The zero-order valence-corrected chi connectivity index (χ0v) is 14.7. The van der Waals surface area contributed by atoms with Gasteiger partial charge in [0.2, 0.25) is 5.91 Å². The van der Waals surface area contributed by atoms with Gasteiger partial charge in [-0.25, -0.2) is 4.39 Å². The van der Waals surface area contributed by atoms with Crippen LogP contribution in [-0.4, -0.2) is 35.1 Å². The molecule has 1 aliphatic heterocycles. The first-order chi connectivity index (χ1) is 12.0. The minimum absolute atomic E-state index is 0.0126. The van der Waals surface area contributed by atoms with Gasteiger partial charge < -0.3 is 10.0 Å². The summed E-state index contributed by atoms with van der Waals surface area (Å²) in [5.74, 6) is 3.31. The molecule has 5 aliphatic carbocycles. The Kier molecular flexibility index (Phi) is 3.64. The van der Waals surface area contributed by atoms with Crippen LogP contribution < -0.4 is 0 Å². The quantitative estimate of drug-likeness (QED) is 0.851. The van der Waals surface area contributed by atoms with Crippen molar-refractivity contribution in [3.8, 4) is 0 Å². The fourth-order valence-electron chi connectivity index (χ4n) is 7.11. The van der Waals surface area contributed by atoms with Crippen LogP contribution in [0.25, 0.3) is 0 Å². The minimum Gasteiger partial charge on any atom is -0.389 e. The molecule has 0 radical (unpaired) electrons. The van der Waals surface area contributed by atoms with Crippen LogP contribution >= 0.6 is 0 Å². The van der Waals surface area contributed by atoms with Crippen LogP contribution in [-0.2, 0) is 4.79 Å². The van der Waals surface area contributed by atoms with Crippen molar-refractivity contribution in [3.63, 3.8) is 0 Å². The van der Waals surface area contributed by atoms with E-state index in [0.717, 1.165) is 18.3 Å². The summed E-state index contributed by atoms with van der Waals surface area (Å²) in [6, 6.07) is 0. The second kappa shape index (κ2) is 5.67. The number of likely N-dealkylation sites (tertiary alicyclic amines) is 1. The Morgan fingerprint density at radius 1 is 1.16 bits per heavy atom. The summed E-state index contributed by atoms with van der Waals surface area (Å²) in [5.41, 5.74) is 0.0126. The van der Waals surface area contributed by atoms with Gasteiger partial charge in [0.1, 0.15) is 5.83 Å². The van der Waals surface area contributed by atoms with Crippen molar-refractivity contribution in [1.29, 1.82) is 0 Å². The predicted octanol–water partition coefficient (Wildman–Crippen LogP) is 3.45. The van der Waals surface area contributed by atoms with Gasteiger partial charge in [-0.3, -0.25) is 4.79 Å². The normalized spacial score (nSPS) is 45.4. The zero-order chi connectivity index (χ0) is 17.2. The van der Waals surface area contributed by atoms with E-state index in [2.05, 4.69) is 6.08 Å². The number of halogens is 1. The highest BCUT2D eigenvalue weighted by Crippen LogP contribution is 2.67. The Bertz CT molecular complexity index is 606. The average molecular weight is 345 g/mol. The molecule has 1 amide bonds. The maximum atomic E-state index is 13.6. The Labute approximate surface area is 149 Å². The molecule has 6 aliphatic rings. The lowest BCUT2D eigenvalue weighted by Crippen LogP contribution is -2.60. The molecule has 3 nitrogen and oxygen atoms in total. The zero-order valence-electron chi connectivity index (χ0n) is 14.7. The van der Waals surface area contributed by atoms with Crippen molar-refractivity contribution in [2.45, 2.75) is 51.0 Å². The number of carbonyl (C=O) groups is 1. The fourth-order valence-corrected chi connectivity index (χ4v) is 7.11. The molecule has 4 heteroatoms. The molecule has 4 bridgehead atoms. The highest BCUT2D eigenvalue weighted by Gasteiger charge is 2.60. The smallest absolute Gasteiger partial charge is 0.223 e. The molecule has 1 atom stereocenters. The van der Waals surface area contributed by atoms with Gasteiger partial charge in [-0.1, -0.05) is 6.08 Å². The standard InChI is InChI=1S/C21H28FNO2/c22-18-3-1-15(2-4-18)21(10-20(25)23-11-19(24)12-23)16-6-13-5-14(8-16)9-17(21)7-13/h1,3-4,13-17,19,24H,2,5-12H2. The first kappa shape index (κ1) is 16.0. The van der Waals surface area contributed by atoms with Crippen LogP contribution in [0.4, 0.5) is 4.39 Å². The number of aliphatic hydroxyl groups excluding tert-OH is 1. The maximum absolute atomic E-state index is 13.6. The van der Waals surface area contributed by atoms with Crippen LogP contribution in [0.2, 0.25) is 0 Å². The van der Waals surface area contributed by atoms with Crippen molar-refractivity contribution in [3.05, 3.63) is 24.1 Å². The molecule has 25 heavy (non-hydrogen) atoms. The SMILES string of the molecule is O=C(CC1(C2C=CC(F)=CC2)C2CC3CC(C2)CC1C3)N1CC(O)C1. The molecule has 0 spiro atoms. The number of rotatable bonds is 3. The van der Waals surface area contributed by atoms with Crippen LogP contribution in [0, 0.1) is 35.0 Å². The Morgan fingerprint density at radius 2 is 1.80 bits per heavy atom. The van der Waals surface area contributed by atoms with E-state index in [9.17, 15) is 14.3 Å². The topological polar surface area (TPSA) is 40.5 Å². The van der Waals surface area contributed by atoms with Gasteiger partial charge in [0, 0.05) is 19.5 Å². The van der Waals surface area contributed by atoms with E-state index in [4.69, 9.17) is 0 Å². The Hall–Kier alpha value is -1.16. The van der Waals surface area contributed by atoms with Crippen LogP contribution in [0.3, 0.4) is 0 Å². The van der Waals surface area contributed by atoms with Gasteiger partial charge in [0.15, 0.2) is 0 Å². The third kappa shape index (κ3) is 2.43. The molecule has 0 aromatic rings. The molecule has 0 aromatic carbocycles. The van der Waals surface area contributed by atoms with E-state index < -0.39 is 0 Å². The summed E-state index contributed by atoms with van der Waals surface area (Å²) in [7, 11) is 0. The molecule has 1 heterocycles. The highest BCUT2D eigenvalue weighted by molar-refractivity contribution is 5.78. The first-order valence-corrected chi connectivity index (χ1v) is 10.0. The molecule has 1 unspecified atom stereocenters. The summed E-state index contributed by atoms with van der Waals surface area (Å²) in [6.07, 6.45) is 12.8. The molecule has 4 saturated carbocycles. The second-order valence-corrected chi connectivity index (χ2v) is 9.34. The summed E-state index contributed by atoms with van der Waals surface area (Å²) in [4.78, 5) is 14.8. The summed E-state index contributed by atoms with van der Waals surface area (Å²) >= 11 is 0. The molecule has 1 saturated heterocycles. The third-order valence-corrected chi connectivity index (χ3v) is 8.08. The van der Waals surface area contributed by atoms with Gasteiger partial charge in [-0.15, -0.1) is 0 Å². The maximum Gasteiger partial charge on any atom is 0.223 e. The van der Waals surface area contributed by atoms with Gasteiger partial charge in [-0.05, 0) is 85.7 Å². The second-order valence-electron chi connectivity index (χ2n) is 9.34. The number of carbonyl (C=O) groups excluding carboxylic acids is 1. The van der Waals surface area contributed by atoms with Gasteiger partial charge in [0.25, 0.3) is 0 Å². The van der Waals surface area contributed by atoms with Crippen LogP contribution in [0.1, 0.15) is 44.9 Å². The van der Waals surface area contributed by atoms with Crippen LogP contribution in [0.5, 0.6) is 0 Å². The van der Waals surface area contributed by atoms with Crippen molar-refractivity contribution in [1.82, 2.24) is 4.90 Å². The number of allylic oxidation sites excluding steroid dienone is 4.